The average molecular weight is 589 g/mol. The lowest BCUT2D eigenvalue weighted by Gasteiger charge is -2.26. The molecule has 0 saturated heterocycles. The summed E-state index contributed by atoms with van der Waals surface area (Å²) >= 11 is 6.43. The van der Waals surface area contributed by atoms with Gasteiger partial charge in [0.25, 0.3) is 0 Å². The normalized spacial score (nSPS) is 13.6. The zero-order valence-corrected chi connectivity index (χ0v) is 24.2. The number of alkyl carbamates (subject to hydrolysis) is 1. The molecule has 0 saturated carbocycles. The third kappa shape index (κ3) is 8.13. The van der Waals surface area contributed by atoms with Crippen molar-refractivity contribution < 1.29 is 27.4 Å². The molecule has 0 aliphatic heterocycles. The monoisotopic (exact) mass is 588 g/mol. The molecule has 2 aromatic carbocycles. The van der Waals surface area contributed by atoms with Gasteiger partial charge in [-0.2, -0.15) is 18.3 Å². The molecule has 2 heterocycles. The van der Waals surface area contributed by atoms with Gasteiger partial charge in [0.1, 0.15) is 16.5 Å². The molecule has 218 valence electrons. The Labute approximate surface area is 241 Å². The van der Waals surface area contributed by atoms with E-state index >= 15 is 0 Å². The lowest BCUT2D eigenvalue weighted by Crippen LogP contribution is -2.42. The number of carbonyl (C=O) groups is 1. The number of hydrogen-bond donors (Lipinski definition) is 2. The van der Waals surface area contributed by atoms with Crippen LogP contribution >= 0.6 is 11.6 Å². The molecule has 41 heavy (non-hydrogen) atoms. The summed E-state index contributed by atoms with van der Waals surface area (Å²) in [6.45, 7) is 9.03. The number of ether oxygens (including phenoxy) is 2. The number of fused-ring (bicyclic) bond motifs is 1. The first kappa shape index (κ1) is 30.2. The van der Waals surface area contributed by atoms with Crippen LogP contribution in [0.3, 0.4) is 0 Å². The average Bonchev–Trinajstić information content (AvgIpc) is 3.23. The van der Waals surface area contributed by atoms with E-state index in [9.17, 15) is 18.0 Å². The van der Waals surface area contributed by atoms with Crippen LogP contribution < -0.4 is 10.1 Å². The predicted octanol–water partition coefficient (Wildman–Crippen LogP) is 7.90. The van der Waals surface area contributed by atoms with Gasteiger partial charge in [0, 0.05) is 29.1 Å². The number of aryl methyl sites for hydroxylation is 1. The molecule has 0 aliphatic carbocycles. The lowest BCUT2D eigenvalue weighted by atomic mass is 10.00. The van der Waals surface area contributed by atoms with Gasteiger partial charge in [-0.3, -0.25) is 5.10 Å². The van der Waals surface area contributed by atoms with Crippen molar-refractivity contribution in [3.05, 3.63) is 76.7 Å². The summed E-state index contributed by atoms with van der Waals surface area (Å²) in [4.78, 5) is 16.9. The van der Waals surface area contributed by atoms with Crippen LogP contribution in [0.4, 0.5) is 18.0 Å². The summed E-state index contributed by atoms with van der Waals surface area (Å²) < 4.78 is 50.6. The second-order valence-electron chi connectivity index (χ2n) is 11.0. The van der Waals surface area contributed by atoms with Crippen LogP contribution in [0.2, 0.25) is 5.15 Å². The van der Waals surface area contributed by atoms with Gasteiger partial charge < -0.3 is 14.8 Å². The van der Waals surface area contributed by atoms with E-state index in [2.05, 4.69) is 20.5 Å². The molecule has 7 nitrogen and oxygen atoms in total. The first-order chi connectivity index (χ1) is 19.2. The molecule has 2 N–H and O–H groups in total. The van der Waals surface area contributed by atoms with Gasteiger partial charge in [-0.15, -0.1) is 0 Å². The van der Waals surface area contributed by atoms with Crippen LogP contribution in [0.5, 0.6) is 5.75 Å². The summed E-state index contributed by atoms with van der Waals surface area (Å²) in [5, 5.41) is 11.4. The number of amides is 1. The topological polar surface area (TPSA) is 89.1 Å². The standard InChI is InChI=1S/C30H32ClF3N4O3/c1-17(40-23-15-25(27(31)35-16-23)20-8-11-26-24(14-20)18(2)37-38-26)12-22(36-28(39)41-29(3,4)5)13-19-6-9-21(10-7-19)30(32,33)34/h6-11,14-17,22H,12-13H2,1-5H3,(H,36,39)(H,37,38)/t17?,22-/m1/s1. The number of halogens is 4. The van der Waals surface area contributed by atoms with Crippen LogP contribution in [0.1, 0.15) is 50.9 Å². The van der Waals surface area contributed by atoms with E-state index in [-0.39, 0.29) is 6.42 Å². The van der Waals surface area contributed by atoms with E-state index in [0.29, 0.717) is 28.5 Å². The minimum absolute atomic E-state index is 0.277. The molecule has 2 atom stereocenters. The Hall–Kier alpha value is -3.79. The van der Waals surface area contributed by atoms with E-state index in [1.807, 2.05) is 32.0 Å². The maximum atomic E-state index is 13.0. The van der Waals surface area contributed by atoms with E-state index in [4.69, 9.17) is 21.1 Å². The maximum absolute atomic E-state index is 13.0. The Bertz CT molecular complexity index is 1510. The molecular weight excluding hydrogens is 557 g/mol. The molecule has 0 fully saturated rings. The van der Waals surface area contributed by atoms with Crippen molar-refractivity contribution in [3.63, 3.8) is 0 Å². The van der Waals surface area contributed by atoms with Gasteiger partial charge in [0.15, 0.2) is 0 Å². The number of aromatic nitrogens is 3. The zero-order chi connectivity index (χ0) is 29.9. The fourth-order valence-corrected chi connectivity index (χ4v) is 4.68. The number of nitrogens with zero attached hydrogens (tertiary/aromatic N) is 2. The van der Waals surface area contributed by atoms with Gasteiger partial charge in [-0.25, -0.2) is 9.78 Å². The summed E-state index contributed by atoms with van der Waals surface area (Å²) in [7, 11) is 0. The van der Waals surface area contributed by atoms with Crippen molar-refractivity contribution in [1.29, 1.82) is 0 Å². The van der Waals surface area contributed by atoms with Crippen molar-refractivity contribution in [2.45, 2.75) is 71.4 Å². The largest absolute Gasteiger partial charge is 0.489 e. The highest BCUT2D eigenvalue weighted by molar-refractivity contribution is 6.32. The lowest BCUT2D eigenvalue weighted by molar-refractivity contribution is -0.137. The number of hydrogen-bond acceptors (Lipinski definition) is 5. The van der Waals surface area contributed by atoms with Crippen LogP contribution in [-0.4, -0.2) is 39.0 Å². The number of pyridine rings is 1. The van der Waals surface area contributed by atoms with Crippen LogP contribution in [0.15, 0.2) is 54.7 Å². The third-order valence-corrected chi connectivity index (χ3v) is 6.61. The third-order valence-electron chi connectivity index (χ3n) is 6.31. The molecule has 11 heteroatoms. The molecule has 1 unspecified atom stereocenters. The number of rotatable bonds is 8. The van der Waals surface area contributed by atoms with Crippen molar-refractivity contribution in [1.82, 2.24) is 20.5 Å². The molecule has 0 radical (unpaired) electrons. The minimum Gasteiger partial charge on any atom is -0.489 e. The molecule has 0 spiro atoms. The number of nitrogens with one attached hydrogen (secondary N) is 2. The van der Waals surface area contributed by atoms with Crippen LogP contribution in [-0.2, 0) is 17.3 Å². The Kier molecular flexibility index (Phi) is 8.82. The van der Waals surface area contributed by atoms with Crippen molar-refractivity contribution in [2.75, 3.05) is 0 Å². The molecule has 0 aliphatic rings. The minimum atomic E-state index is -4.43. The molecule has 1 amide bonds. The van der Waals surface area contributed by atoms with E-state index in [0.717, 1.165) is 34.3 Å². The maximum Gasteiger partial charge on any atom is 0.416 e. The summed E-state index contributed by atoms with van der Waals surface area (Å²) in [6.07, 6.45) is -3.31. The number of H-pyrrole nitrogens is 1. The summed E-state index contributed by atoms with van der Waals surface area (Å²) in [5.41, 5.74) is 2.50. The van der Waals surface area contributed by atoms with Crippen LogP contribution in [0, 0.1) is 6.92 Å². The fourth-order valence-electron chi connectivity index (χ4n) is 4.46. The summed E-state index contributed by atoms with van der Waals surface area (Å²) in [5.74, 6) is 0.478. The Morgan fingerprint density at radius 2 is 1.80 bits per heavy atom. The van der Waals surface area contributed by atoms with Crippen molar-refractivity contribution in [3.8, 4) is 16.9 Å². The predicted molar refractivity (Wildman–Crippen MR) is 152 cm³/mol. The number of benzene rings is 2. The Balaban J connectivity index is 1.51. The highest BCUT2D eigenvalue weighted by Crippen LogP contribution is 2.33. The number of aromatic amines is 1. The van der Waals surface area contributed by atoms with Crippen molar-refractivity contribution in [2.24, 2.45) is 0 Å². The second kappa shape index (κ2) is 12.0. The van der Waals surface area contributed by atoms with Crippen molar-refractivity contribution >= 4 is 28.6 Å². The molecule has 2 aromatic heterocycles. The molecule has 4 rings (SSSR count). The van der Waals surface area contributed by atoms with Gasteiger partial charge in [0.05, 0.1) is 23.4 Å². The highest BCUT2D eigenvalue weighted by Gasteiger charge is 2.30. The first-order valence-corrected chi connectivity index (χ1v) is 13.5. The van der Waals surface area contributed by atoms with Gasteiger partial charge in [-0.05, 0) is 82.5 Å². The Morgan fingerprint density at radius 3 is 2.46 bits per heavy atom. The summed E-state index contributed by atoms with van der Waals surface area (Å²) in [6, 6.07) is 12.0. The molecule has 4 aromatic rings. The first-order valence-electron chi connectivity index (χ1n) is 13.1. The quantitative estimate of drug-likeness (QED) is 0.204. The van der Waals surface area contributed by atoms with E-state index < -0.39 is 35.6 Å². The fraction of sp³-hybridized carbons (Fsp3) is 0.367. The smallest absolute Gasteiger partial charge is 0.416 e. The molecule has 0 bridgehead atoms. The van der Waals surface area contributed by atoms with Gasteiger partial charge >= 0.3 is 12.3 Å². The van der Waals surface area contributed by atoms with E-state index in [1.165, 1.54) is 18.3 Å². The second-order valence-corrected chi connectivity index (χ2v) is 11.4. The zero-order valence-electron chi connectivity index (χ0n) is 23.4. The highest BCUT2D eigenvalue weighted by atomic mass is 35.5. The number of carbonyl (C=O) groups excluding carboxylic acids is 1. The Morgan fingerprint density at radius 1 is 1.10 bits per heavy atom. The van der Waals surface area contributed by atoms with E-state index in [1.54, 1.807) is 26.8 Å². The van der Waals surface area contributed by atoms with Gasteiger partial charge in [0.2, 0.25) is 0 Å². The molecular formula is C30H32ClF3N4O3. The number of alkyl halides is 3. The van der Waals surface area contributed by atoms with Gasteiger partial charge in [-0.1, -0.05) is 29.8 Å². The SMILES string of the molecule is Cc1[nH]nc2ccc(-c3cc(OC(C)C[C@H](Cc4ccc(C(F)(F)F)cc4)NC(=O)OC(C)(C)C)cnc3Cl)cc12. The van der Waals surface area contributed by atoms with Crippen LogP contribution in [0.25, 0.3) is 22.0 Å².